The van der Waals surface area contributed by atoms with Crippen LogP contribution in [0.3, 0.4) is 0 Å². The van der Waals surface area contributed by atoms with Crippen molar-refractivity contribution in [3.05, 3.63) is 10.8 Å². The van der Waals surface area contributed by atoms with E-state index in [4.69, 9.17) is 15.6 Å². The van der Waals surface area contributed by atoms with E-state index in [1.54, 1.807) is 0 Å². The number of nitrogens with two attached hydrogens (primary N) is 1. The third-order valence-corrected chi connectivity index (χ3v) is 2.07. The van der Waals surface area contributed by atoms with Crippen LogP contribution < -0.4 is 10.5 Å². The van der Waals surface area contributed by atoms with Gasteiger partial charge in [-0.2, -0.15) is 0 Å². The normalized spacial score (nSPS) is 10.0. The van der Waals surface area contributed by atoms with Crippen molar-refractivity contribution in [1.82, 2.24) is 9.97 Å². The molecule has 3 N–H and O–H groups in total. The van der Waals surface area contributed by atoms with Crippen molar-refractivity contribution in [2.75, 3.05) is 18.9 Å². The second kappa shape index (κ2) is 4.98. The van der Waals surface area contributed by atoms with E-state index in [0.717, 1.165) is 0 Å². The van der Waals surface area contributed by atoms with Crippen molar-refractivity contribution in [3.8, 4) is 5.88 Å². The summed E-state index contributed by atoms with van der Waals surface area (Å²) >= 11 is 3.19. The first-order valence-corrected chi connectivity index (χ1v) is 4.54. The van der Waals surface area contributed by atoms with Gasteiger partial charge >= 0.3 is 0 Å². The van der Waals surface area contributed by atoms with E-state index in [0.29, 0.717) is 29.2 Å². The van der Waals surface area contributed by atoms with Crippen molar-refractivity contribution >= 4 is 21.7 Å². The highest BCUT2D eigenvalue weighted by molar-refractivity contribution is 9.10. The first kappa shape index (κ1) is 10.2. The zero-order chi connectivity index (χ0) is 9.68. The van der Waals surface area contributed by atoms with Gasteiger partial charge in [-0.15, -0.1) is 0 Å². The minimum atomic E-state index is 0.0954. The summed E-state index contributed by atoms with van der Waals surface area (Å²) in [4.78, 5) is 7.63. The lowest BCUT2D eigenvalue weighted by Crippen LogP contribution is -2.03. The fourth-order valence-electron chi connectivity index (χ4n) is 0.700. The van der Waals surface area contributed by atoms with E-state index in [2.05, 4.69) is 25.9 Å². The SMILES string of the molecule is Nc1ncnc(OCCCO)c1Br. The average molecular weight is 248 g/mol. The minimum absolute atomic E-state index is 0.0954. The summed E-state index contributed by atoms with van der Waals surface area (Å²) in [7, 11) is 0. The molecule has 0 fully saturated rings. The van der Waals surface area contributed by atoms with Crippen LogP contribution >= 0.6 is 15.9 Å². The van der Waals surface area contributed by atoms with E-state index in [1.807, 2.05) is 0 Å². The quantitative estimate of drug-likeness (QED) is 0.762. The predicted molar refractivity (Wildman–Crippen MR) is 51.3 cm³/mol. The zero-order valence-electron chi connectivity index (χ0n) is 6.90. The highest BCUT2D eigenvalue weighted by Gasteiger charge is 2.05. The van der Waals surface area contributed by atoms with Gasteiger partial charge in [0.1, 0.15) is 16.6 Å². The average Bonchev–Trinajstić information content (AvgIpc) is 2.13. The van der Waals surface area contributed by atoms with Crippen LogP contribution in [0.2, 0.25) is 0 Å². The van der Waals surface area contributed by atoms with Crippen LogP contribution in [0.4, 0.5) is 5.82 Å². The summed E-state index contributed by atoms with van der Waals surface area (Å²) in [6.45, 7) is 0.504. The fraction of sp³-hybridized carbons (Fsp3) is 0.429. The summed E-state index contributed by atoms with van der Waals surface area (Å²) in [6.07, 6.45) is 1.89. The second-order valence-electron chi connectivity index (χ2n) is 2.30. The van der Waals surface area contributed by atoms with E-state index in [1.165, 1.54) is 6.33 Å². The molecule has 0 bridgehead atoms. The molecule has 1 aromatic heterocycles. The topological polar surface area (TPSA) is 81.3 Å². The highest BCUT2D eigenvalue weighted by Crippen LogP contribution is 2.25. The number of aliphatic hydroxyl groups excluding tert-OH is 1. The van der Waals surface area contributed by atoms with Crippen LogP contribution in [0.1, 0.15) is 6.42 Å². The van der Waals surface area contributed by atoms with Crippen LogP contribution in [0.5, 0.6) is 5.88 Å². The number of hydrogen-bond donors (Lipinski definition) is 2. The smallest absolute Gasteiger partial charge is 0.233 e. The maximum Gasteiger partial charge on any atom is 0.233 e. The number of aliphatic hydroxyl groups is 1. The number of halogens is 1. The molecule has 0 unspecified atom stereocenters. The molecule has 0 aliphatic rings. The molecule has 5 nitrogen and oxygen atoms in total. The van der Waals surface area contributed by atoms with Crippen molar-refractivity contribution in [2.24, 2.45) is 0 Å². The van der Waals surface area contributed by atoms with Gasteiger partial charge in [0, 0.05) is 13.0 Å². The molecule has 6 heteroatoms. The lowest BCUT2D eigenvalue weighted by Gasteiger charge is -2.06. The Morgan fingerprint density at radius 3 is 3.00 bits per heavy atom. The molecule has 1 aromatic rings. The van der Waals surface area contributed by atoms with Gasteiger partial charge in [0.25, 0.3) is 0 Å². The number of ether oxygens (including phenoxy) is 1. The summed E-state index contributed by atoms with van der Waals surface area (Å²) < 4.78 is 5.77. The van der Waals surface area contributed by atoms with Crippen molar-refractivity contribution in [1.29, 1.82) is 0 Å². The molecule has 72 valence electrons. The maximum atomic E-state index is 8.52. The number of aromatic nitrogens is 2. The lowest BCUT2D eigenvalue weighted by molar-refractivity contribution is 0.228. The first-order valence-electron chi connectivity index (χ1n) is 3.75. The van der Waals surface area contributed by atoms with Gasteiger partial charge in [0.05, 0.1) is 6.61 Å². The Morgan fingerprint density at radius 1 is 1.54 bits per heavy atom. The Labute approximate surface area is 84.1 Å². The summed E-state index contributed by atoms with van der Waals surface area (Å²) in [5.41, 5.74) is 5.50. The largest absolute Gasteiger partial charge is 0.477 e. The fourth-order valence-corrected chi connectivity index (χ4v) is 1.02. The van der Waals surface area contributed by atoms with Crippen LogP contribution in [-0.2, 0) is 0 Å². The van der Waals surface area contributed by atoms with Gasteiger partial charge in [-0.05, 0) is 15.9 Å². The number of rotatable bonds is 4. The second-order valence-corrected chi connectivity index (χ2v) is 3.10. The monoisotopic (exact) mass is 247 g/mol. The van der Waals surface area contributed by atoms with Crippen LogP contribution in [0.15, 0.2) is 10.8 Å². The summed E-state index contributed by atoms with van der Waals surface area (Å²) in [6, 6.07) is 0. The minimum Gasteiger partial charge on any atom is -0.477 e. The van der Waals surface area contributed by atoms with Crippen molar-refractivity contribution < 1.29 is 9.84 Å². The van der Waals surface area contributed by atoms with E-state index < -0.39 is 0 Å². The third-order valence-electron chi connectivity index (χ3n) is 1.33. The molecule has 0 saturated heterocycles. The van der Waals surface area contributed by atoms with Crippen LogP contribution in [0, 0.1) is 0 Å². The van der Waals surface area contributed by atoms with Crippen molar-refractivity contribution in [2.45, 2.75) is 6.42 Å². The molecule has 1 rings (SSSR count). The van der Waals surface area contributed by atoms with E-state index in [-0.39, 0.29) is 6.61 Å². The van der Waals surface area contributed by atoms with Gasteiger partial charge in [0.2, 0.25) is 5.88 Å². The molecule has 0 aromatic carbocycles. The van der Waals surface area contributed by atoms with Gasteiger partial charge in [0.15, 0.2) is 0 Å². The summed E-state index contributed by atoms with van der Waals surface area (Å²) in [5.74, 6) is 0.745. The molecule has 0 amide bonds. The predicted octanol–water partition coefficient (Wildman–Crippen LogP) is 0.583. The summed E-state index contributed by atoms with van der Waals surface area (Å²) in [5, 5.41) is 8.52. The Bertz CT molecular complexity index is 282. The molecular formula is C7H10BrN3O2. The lowest BCUT2D eigenvalue weighted by atomic mass is 10.5. The Hall–Kier alpha value is -0.880. The first-order chi connectivity index (χ1) is 6.25. The third kappa shape index (κ3) is 2.82. The molecule has 0 spiro atoms. The molecule has 0 radical (unpaired) electrons. The molecule has 0 aliphatic carbocycles. The molecule has 13 heavy (non-hydrogen) atoms. The van der Waals surface area contributed by atoms with Crippen LogP contribution in [0.25, 0.3) is 0 Å². The van der Waals surface area contributed by atoms with E-state index >= 15 is 0 Å². The molecule has 0 atom stereocenters. The molecule has 0 aliphatic heterocycles. The van der Waals surface area contributed by atoms with Gasteiger partial charge in [-0.25, -0.2) is 9.97 Å². The van der Waals surface area contributed by atoms with Gasteiger partial charge in [-0.1, -0.05) is 0 Å². The van der Waals surface area contributed by atoms with Crippen LogP contribution in [-0.4, -0.2) is 28.3 Å². The molecule has 0 saturated carbocycles. The highest BCUT2D eigenvalue weighted by atomic mass is 79.9. The number of hydrogen-bond acceptors (Lipinski definition) is 5. The van der Waals surface area contributed by atoms with Crippen molar-refractivity contribution in [3.63, 3.8) is 0 Å². The Morgan fingerprint density at radius 2 is 2.31 bits per heavy atom. The van der Waals surface area contributed by atoms with Gasteiger partial charge < -0.3 is 15.6 Å². The Kier molecular flexibility index (Phi) is 3.91. The molecular weight excluding hydrogens is 238 g/mol. The Balaban J connectivity index is 2.61. The standard InChI is InChI=1S/C7H10BrN3O2/c8-5-6(9)10-4-11-7(5)13-3-1-2-12/h4,12H,1-3H2,(H2,9,10,11). The maximum absolute atomic E-state index is 8.52. The number of nitrogen functional groups attached to an aromatic ring is 1. The zero-order valence-corrected chi connectivity index (χ0v) is 8.49. The van der Waals surface area contributed by atoms with E-state index in [9.17, 15) is 0 Å². The molecule has 1 heterocycles. The number of anilines is 1. The van der Waals surface area contributed by atoms with Gasteiger partial charge in [-0.3, -0.25) is 0 Å². The number of nitrogens with zero attached hydrogens (tertiary/aromatic N) is 2.